The van der Waals surface area contributed by atoms with Crippen molar-refractivity contribution < 1.29 is 22.7 Å². The maximum absolute atomic E-state index is 12.2. The number of methoxy groups -OCH3 is 1. The monoisotopic (exact) mass is 369 g/mol. The smallest absolute Gasteiger partial charge is 0.222 e. The van der Waals surface area contributed by atoms with Crippen LogP contribution in [0.2, 0.25) is 0 Å². The minimum Gasteiger partial charge on any atom is -0.497 e. The number of piperidine rings is 1. The minimum absolute atomic E-state index is 0.0747. The highest BCUT2D eigenvalue weighted by Crippen LogP contribution is 2.20. The molecule has 1 aromatic carbocycles. The predicted molar refractivity (Wildman–Crippen MR) is 96.8 cm³/mol. The molecule has 0 unspecified atom stereocenters. The Kier molecular flexibility index (Phi) is 7.11. The van der Waals surface area contributed by atoms with E-state index >= 15 is 0 Å². The molecule has 140 valence electrons. The van der Waals surface area contributed by atoms with E-state index in [1.54, 1.807) is 18.9 Å². The van der Waals surface area contributed by atoms with Gasteiger partial charge in [0, 0.05) is 25.3 Å². The van der Waals surface area contributed by atoms with Crippen molar-refractivity contribution in [3.63, 3.8) is 0 Å². The molecule has 1 aliphatic heterocycles. The lowest BCUT2D eigenvalue weighted by molar-refractivity contribution is -0.132. The zero-order valence-corrected chi connectivity index (χ0v) is 15.8. The summed E-state index contributed by atoms with van der Waals surface area (Å²) in [6.45, 7) is 3.21. The summed E-state index contributed by atoms with van der Waals surface area (Å²) in [5.41, 5.74) is 0. The molecule has 7 heteroatoms. The maximum Gasteiger partial charge on any atom is 0.222 e. The van der Waals surface area contributed by atoms with Crippen LogP contribution in [0.15, 0.2) is 24.3 Å². The van der Waals surface area contributed by atoms with Gasteiger partial charge in [-0.2, -0.15) is 0 Å². The van der Waals surface area contributed by atoms with Crippen LogP contribution in [-0.2, 0) is 14.6 Å². The van der Waals surface area contributed by atoms with E-state index in [-0.39, 0.29) is 16.9 Å². The molecule has 25 heavy (non-hydrogen) atoms. The van der Waals surface area contributed by atoms with Gasteiger partial charge in [0.1, 0.15) is 11.5 Å². The number of benzene rings is 1. The largest absolute Gasteiger partial charge is 0.497 e. The zero-order chi connectivity index (χ0) is 18.3. The molecule has 0 spiro atoms. The summed E-state index contributed by atoms with van der Waals surface area (Å²) in [5, 5.41) is -0.292. The van der Waals surface area contributed by atoms with Crippen LogP contribution in [0.1, 0.15) is 32.6 Å². The number of likely N-dealkylation sites (tertiary alicyclic amines) is 1. The van der Waals surface area contributed by atoms with Crippen molar-refractivity contribution in [1.82, 2.24) is 4.90 Å². The first-order valence-corrected chi connectivity index (χ1v) is 10.4. The van der Waals surface area contributed by atoms with E-state index in [0.29, 0.717) is 45.4 Å². The Balaban J connectivity index is 1.67. The van der Waals surface area contributed by atoms with E-state index in [1.165, 1.54) is 0 Å². The average Bonchev–Trinajstić information content (AvgIpc) is 2.65. The molecule has 1 aliphatic rings. The van der Waals surface area contributed by atoms with Crippen molar-refractivity contribution in [2.75, 3.05) is 32.6 Å². The standard InChI is InChI=1S/C18H27NO5S/c1-3-25(21,22)17-10-12-19(13-11-17)18(20)5-4-14-24-16-8-6-15(23-2)7-9-16/h6-9,17H,3-5,10-14H2,1-2H3. The molecule has 0 saturated carbocycles. The number of amides is 1. The van der Waals surface area contributed by atoms with Crippen LogP contribution in [0.5, 0.6) is 11.5 Å². The number of hydrogen-bond donors (Lipinski definition) is 0. The van der Waals surface area contributed by atoms with Crippen LogP contribution < -0.4 is 9.47 Å². The Labute approximate surface area is 150 Å². The van der Waals surface area contributed by atoms with E-state index in [0.717, 1.165) is 11.5 Å². The molecule has 0 aromatic heterocycles. The molecule has 0 atom stereocenters. The van der Waals surface area contributed by atoms with Crippen molar-refractivity contribution in [2.24, 2.45) is 0 Å². The van der Waals surface area contributed by atoms with Crippen LogP contribution in [-0.4, -0.2) is 57.0 Å². The zero-order valence-electron chi connectivity index (χ0n) is 14.9. The Bertz CT molecular complexity index is 649. The number of hydrogen-bond acceptors (Lipinski definition) is 5. The SMILES string of the molecule is CCS(=O)(=O)C1CCN(C(=O)CCCOc2ccc(OC)cc2)CC1. The summed E-state index contributed by atoms with van der Waals surface area (Å²) in [6, 6.07) is 7.32. The van der Waals surface area contributed by atoms with Gasteiger partial charge in [-0.1, -0.05) is 6.92 Å². The van der Waals surface area contributed by atoms with Gasteiger partial charge in [0.2, 0.25) is 5.91 Å². The molecular weight excluding hydrogens is 342 g/mol. The van der Waals surface area contributed by atoms with Gasteiger partial charge < -0.3 is 14.4 Å². The molecule has 0 N–H and O–H groups in total. The highest BCUT2D eigenvalue weighted by molar-refractivity contribution is 7.92. The molecule has 1 fully saturated rings. The van der Waals surface area contributed by atoms with E-state index in [9.17, 15) is 13.2 Å². The third kappa shape index (κ3) is 5.63. The lowest BCUT2D eigenvalue weighted by Gasteiger charge is -2.31. The molecule has 0 bridgehead atoms. The molecule has 0 radical (unpaired) electrons. The fourth-order valence-electron chi connectivity index (χ4n) is 2.94. The quantitative estimate of drug-likeness (QED) is 0.657. The van der Waals surface area contributed by atoms with Crippen LogP contribution in [0, 0.1) is 0 Å². The second kappa shape index (κ2) is 9.08. The summed E-state index contributed by atoms with van der Waals surface area (Å²) in [5.74, 6) is 1.77. The van der Waals surface area contributed by atoms with Crippen LogP contribution >= 0.6 is 0 Å². The second-order valence-electron chi connectivity index (χ2n) is 6.16. The summed E-state index contributed by atoms with van der Waals surface area (Å²) in [6.07, 6.45) is 2.15. The first-order chi connectivity index (χ1) is 12.0. The Morgan fingerprint density at radius 3 is 2.32 bits per heavy atom. The van der Waals surface area contributed by atoms with Crippen LogP contribution in [0.25, 0.3) is 0 Å². The van der Waals surface area contributed by atoms with Crippen LogP contribution in [0.3, 0.4) is 0 Å². The normalized spacial score (nSPS) is 15.8. The van der Waals surface area contributed by atoms with Gasteiger partial charge in [-0.05, 0) is 43.5 Å². The van der Waals surface area contributed by atoms with E-state index < -0.39 is 9.84 Å². The van der Waals surface area contributed by atoms with Gasteiger partial charge in [0.15, 0.2) is 9.84 Å². The molecule has 1 amide bonds. The minimum atomic E-state index is -2.99. The van der Waals surface area contributed by atoms with Gasteiger partial charge in [0.25, 0.3) is 0 Å². The molecule has 1 heterocycles. The van der Waals surface area contributed by atoms with Crippen molar-refractivity contribution in [3.05, 3.63) is 24.3 Å². The maximum atomic E-state index is 12.2. The Hall–Kier alpha value is -1.76. The van der Waals surface area contributed by atoms with E-state index in [4.69, 9.17) is 9.47 Å². The van der Waals surface area contributed by atoms with Crippen molar-refractivity contribution in [1.29, 1.82) is 0 Å². The van der Waals surface area contributed by atoms with Crippen molar-refractivity contribution >= 4 is 15.7 Å². The number of carbonyl (C=O) groups is 1. The topological polar surface area (TPSA) is 72.9 Å². The highest BCUT2D eigenvalue weighted by atomic mass is 32.2. The first-order valence-electron chi connectivity index (χ1n) is 8.72. The van der Waals surface area contributed by atoms with E-state index in [2.05, 4.69) is 0 Å². The predicted octanol–water partition coefficient (Wildman–Crippen LogP) is 2.28. The number of sulfone groups is 1. The molecule has 1 aromatic rings. The average molecular weight is 369 g/mol. The number of ether oxygens (including phenoxy) is 2. The van der Waals surface area contributed by atoms with Gasteiger partial charge in [-0.25, -0.2) is 8.42 Å². The molecule has 2 rings (SSSR count). The third-order valence-corrected chi connectivity index (χ3v) is 6.86. The summed E-state index contributed by atoms with van der Waals surface area (Å²) < 4.78 is 34.5. The third-order valence-electron chi connectivity index (χ3n) is 4.57. The fourth-order valence-corrected chi connectivity index (χ4v) is 4.34. The lowest BCUT2D eigenvalue weighted by Crippen LogP contribution is -2.42. The number of nitrogens with zero attached hydrogens (tertiary/aromatic N) is 1. The summed E-state index contributed by atoms with van der Waals surface area (Å²) in [4.78, 5) is 14.0. The van der Waals surface area contributed by atoms with Gasteiger partial charge in [0.05, 0.1) is 19.0 Å². The molecule has 1 saturated heterocycles. The number of carbonyl (C=O) groups excluding carboxylic acids is 1. The van der Waals surface area contributed by atoms with Crippen LogP contribution in [0.4, 0.5) is 0 Å². The summed E-state index contributed by atoms with van der Waals surface area (Å²) in [7, 11) is -1.38. The van der Waals surface area contributed by atoms with Gasteiger partial charge in [-0.3, -0.25) is 4.79 Å². The number of rotatable bonds is 8. The Morgan fingerprint density at radius 1 is 1.16 bits per heavy atom. The highest BCUT2D eigenvalue weighted by Gasteiger charge is 2.29. The van der Waals surface area contributed by atoms with Crippen molar-refractivity contribution in [3.8, 4) is 11.5 Å². The molecular formula is C18H27NO5S. The fraction of sp³-hybridized carbons (Fsp3) is 0.611. The van der Waals surface area contributed by atoms with E-state index in [1.807, 2.05) is 24.3 Å². The van der Waals surface area contributed by atoms with Gasteiger partial charge in [-0.15, -0.1) is 0 Å². The van der Waals surface area contributed by atoms with Gasteiger partial charge >= 0.3 is 0 Å². The first kappa shape index (κ1) is 19.6. The van der Waals surface area contributed by atoms with Crippen molar-refractivity contribution in [2.45, 2.75) is 37.9 Å². The second-order valence-corrected chi connectivity index (χ2v) is 8.73. The lowest BCUT2D eigenvalue weighted by atomic mass is 10.1. The summed E-state index contributed by atoms with van der Waals surface area (Å²) >= 11 is 0. The molecule has 0 aliphatic carbocycles. The molecule has 6 nitrogen and oxygen atoms in total. The Morgan fingerprint density at radius 2 is 1.76 bits per heavy atom.